The molecular weight excluding hydrogens is 406 g/mol. The second-order valence-electron chi connectivity index (χ2n) is 7.24. The Morgan fingerprint density at radius 2 is 1.50 bits per heavy atom. The predicted octanol–water partition coefficient (Wildman–Crippen LogP) is 4.12. The van der Waals surface area contributed by atoms with Gasteiger partial charge in [0.05, 0.1) is 37.9 Å². The highest BCUT2D eigenvalue weighted by Crippen LogP contribution is 2.35. The number of nitrogens with one attached hydrogen (secondary N) is 1. The summed E-state index contributed by atoms with van der Waals surface area (Å²) >= 11 is 0. The minimum atomic E-state index is -0.473. The number of amides is 1. The summed E-state index contributed by atoms with van der Waals surface area (Å²) in [5.41, 5.74) is 3.11. The van der Waals surface area contributed by atoms with E-state index in [0.29, 0.717) is 22.8 Å². The molecule has 0 aliphatic carbocycles. The normalized spacial score (nSPS) is 11.8. The van der Waals surface area contributed by atoms with E-state index >= 15 is 0 Å². The fraction of sp³-hybridized carbons (Fsp3) is 0.200. The summed E-state index contributed by atoms with van der Waals surface area (Å²) in [4.78, 5) is 18.3. The summed E-state index contributed by atoms with van der Waals surface area (Å²) in [6.45, 7) is 0. The van der Waals surface area contributed by atoms with Crippen LogP contribution in [-0.4, -0.2) is 36.8 Å². The minimum absolute atomic E-state index is 0.316. The maximum atomic E-state index is 13.5. The van der Waals surface area contributed by atoms with Crippen molar-refractivity contribution in [3.63, 3.8) is 0 Å². The first kappa shape index (κ1) is 21.2. The zero-order valence-corrected chi connectivity index (χ0v) is 18.5. The predicted molar refractivity (Wildman–Crippen MR) is 123 cm³/mol. The summed E-state index contributed by atoms with van der Waals surface area (Å²) in [5.74, 6) is 1.72. The number of fused-ring (bicyclic) bond motifs is 1. The van der Waals surface area contributed by atoms with Gasteiger partial charge in [0.15, 0.2) is 11.5 Å². The quantitative estimate of drug-likeness (QED) is 0.477. The van der Waals surface area contributed by atoms with Crippen molar-refractivity contribution in [3.8, 4) is 17.2 Å². The highest BCUT2D eigenvalue weighted by Gasteiger charge is 2.25. The number of carbonyl (C=O) groups is 1. The van der Waals surface area contributed by atoms with Gasteiger partial charge >= 0.3 is 0 Å². The van der Waals surface area contributed by atoms with Gasteiger partial charge in [-0.3, -0.25) is 4.79 Å². The second-order valence-corrected chi connectivity index (χ2v) is 7.24. The van der Waals surface area contributed by atoms with Crippen molar-refractivity contribution >= 4 is 16.9 Å². The first-order chi connectivity index (χ1) is 15.6. The van der Waals surface area contributed by atoms with E-state index in [-0.39, 0.29) is 5.91 Å². The number of hydrogen-bond acceptors (Lipinski definition) is 5. The van der Waals surface area contributed by atoms with Gasteiger partial charge in [-0.05, 0) is 17.7 Å². The summed E-state index contributed by atoms with van der Waals surface area (Å²) in [5, 5.41) is 3.13. The molecule has 4 aromatic rings. The van der Waals surface area contributed by atoms with E-state index in [1.165, 1.54) is 21.3 Å². The lowest BCUT2D eigenvalue weighted by atomic mass is 10.0. The highest BCUT2D eigenvalue weighted by atomic mass is 16.5. The number of nitrogens with zero attached hydrogens (tertiary/aromatic N) is 2. The molecule has 0 bridgehead atoms. The molecule has 1 aromatic heterocycles. The number of benzene rings is 3. The monoisotopic (exact) mass is 431 g/mol. The molecule has 1 unspecified atom stereocenters. The summed E-state index contributed by atoms with van der Waals surface area (Å²) in [6, 6.07) is 20.4. The number of rotatable bonds is 7. The molecule has 164 valence electrons. The van der Waals surface area contributed by atoms with E-state index in [1.807, 2.05) is 66.2 Å². The maximum absolute atomic E-state index is 13.5. The van der Waals surface area contributed by atoms with Crippen LogP contribution in [0.1, 0.15) is 27.8 Å². The number of imidazole rings is 1. The van der Waals surface area contributed by atoms with Gasteiger partial charge in [-0.1, -0.05) is 42.5 Å². The van der Waals surface area contributed by atoms with E-state index < -0.39 is 6.04 Å². The Morgan fingerprint density at radius 3 is 2.16 bits per heavy atom. The lowest BCUT2D eigenvalue weighted by Crippen LogP contribution is -2.31. The third-order valence-electron chi connectivity index (χ3n) is 5.44. The molecule has 0 spiro atoms. The first-order valence-corrected chi connectivity index (χ1v) is 10.1. The number of hydrogen-bond donors (Lipinski definition) is 1. The molecule has 1 N–H and O–H groups in total. The molecule has 3 aromatic carbocycles. The Labute approximate surface area is 186 Å². The average Bonchev–Trinajstić information content (AvgIpc) is 3.18. The Bertz CT molecular complexity index is 1250. The first-order valence-electron chi connectivity index (χ1n) is 10.1. The van der Waals surface area contributed by atoms with Crippen LogP contribution in [0.2, 0.25) is 0 Å². The van der Waals surface area contributed by atoms with Gasteiger partial charge in [0.1, 0.15) is 17.6 Å². The Balaban J connectivity index is 1.79. The van der Waals surface area contributed by atoms with E-state index in [1.54, 1.807) is 12.1 Å². The van der Waals surface area contributed by atoms with Crippen molar-refractivity contribution in [2.75, 3.05) is 21.3 Å². The molecule has 7 heteroatoms. The van der Waals surface area contributed by atoms with Gasteiger partial charge in [-0.2, -0.15) is 0 Å². The number of para-hydroxylation sites is 2. The van der Waals surface area contributed by atoms with Crippen LogP contribution in [0.5, 0.6) is 17.2 Å². The Morgan fingerprint density at radius 1 is 0.875 bits per heavy atom. The summed E-state index contributed by atoms with van der Waals surface area (Å²) < 4.78 is 18.2. The van der Waals surface area contributed by atoms with Crippen molar-refractivity contribution in [1.29, 1.82) is 0 Å². The van der Waals surface area contributed by atoms with Gasteiger partial charge < -0.3 is 24.1 Å². The molecule has 1 heterocycles. The Kier molecular flexibility index (Phi) is 5.98. The second kappa shape index (κ2) is 9.01. The molecule has 1 amide bonds. The topological polar surface area (TPSA) is 74.6 Å². The van der Waals surface area contributed by atoms with Crippen molar-refractivity contribution in [2.45, 2.75) is 6.04 Å². The van der Waals surface area contributed by atoms with Crippen LogP contribution in [-0.2, 0) is 7.05 Å². The summed E-state index contributed by atoms with van der Waals surface area (Å²) in [6.07, 6.45) is 0. The number of ether oxygens (including phenoxy) is 3. The largest absolute Gasteiger partial charge is 0.496 e. The van der Waals surface area contributed by atoms with Gasteiger partial charge in [0, 0.05) is 19.2 Å². The fourth-order valence-electron chi connectivity index (χ4n) is 3.78. The molecule has 0 aliphatic heterocycles. The SMILES string of the molecule is COc1cc(OC)c(C(=O)NC(c2ccccc2)c2nc3ccccc3n2C)cc1OC. The molecule has 1 atom stereocenters. The number of carbonyl (C=O) groups excluding carboxylic acids is 1. The number of methoxy groups -OCH3 is 3. The highest BCUT2D eigenvalue weighted by molar-refractivity contribution is 5.98. The standard InChI is InChI=1S/C25H25N3O4/c1-28-19-13-9-8-12-18(19)26-24(28)23(16-10-6-5-7-11-16)27-25(29)17-14-21(31-3)22(32-4)15-20(17)30-2/h5-15,23H,1-4H3,(H,27,29). The molecule has 0 fully saturated rings. The van der Waals surface area contributed by atoms with E-state index in [9.17, 15) is 4.79 Å². The molecular formula is C25H25N3O4. The van der Waals surface area contributed by atoms with Gasteiger partial charge in [0.2, 0.25) is 0 Å². The zero-order chi connectivity index (χ0) is 22.7. The van der Waals surface area contributed by atoms with E-state index in [0.717, 1.165) is 22.4 Å². The lowest BCUT2D eigenvalue weighted by molar-refractivity contribution is 0.0937. The van der Waals surface area contributed by atoms with Crippen molar-refractivity contribution in [3.05, 3.63) is 83.7 Å². The van der Waals surface area contributed by atoms with Crippen molar-refractivity contribution < 1.29 is 19.0 Å². The minimum Gasteiger partial charge on any atom is -0.496 e. The van der Waals surface area contributed by atoms with E-state index in [4.69, 9.17) is 19.2 Å². The van der Waals surface area contributed by atoms with Gasteiger partial charge in [0.25, 0.3) is 5.91 Å². The van der Waals surface area contributed by atoms with Crippen LogP contribution in [0.4, 0.5) is 0 Å². The molecule has 4 rings (SSSR count). The van der Waals surface area contributed by atoms with Crippen LogP contribution < -0.4 is 19.5 Å². The van der Waals surface area contributed by atoms with Crippen LogP contribution >= 0.6 is 0 Å². The molecule has 0 aliphatic rings. The van der Waals surface area contributed by atoms with Crippen LogP contribution in [0.3, 0.4) is 0 Å². The molecule has 32 heavy (non-hydrogen) atoms. The van der Waals surface area contributed by atoms with Crippen LogP contribution in [0.25, 0.3) is 11.0 Å². The van der Waals surface area contributed by atoms with E-state index in [2.05, 4.69) is 5.32 Å². The third kappa shape index (κ3) is 3.85. The third-order valence-corrected chi connectivity index (χ3v) is 5.44. The van der Waals surface area contributed by atoms with Gasteiger partial charge in [-0.15, -0.1) is 0 Å². The smallest absolute Gasteiger partial charge is 0.256 e. The molecule has 0 saturated carbocycles. The molecule has 0 saturated heterocycles. The van der Waals surface area contributed by atoms with Crippen LogP contribution in [0, 0.1) is 0 Å². The Hall–Kier alpha value is -4.00. The van der Waals surface area contributed by atoms with Crippen molar-refractivity contribution in [1.82, 2.24) is 14.9 Å². The fourth-order valence-corrected chi connectivity index (χ4v) is 3.78. The summed E-state index contributed by atoms with van der Waals surface area (Å²) in [7, 11) is 6.52. The van der Waals surface area contributed by atoms with Crippen molar-refractivity contribution in [2.24, 2.45) is 7.05 Å². The van der Waals surface area contributed by atoms with Gasteiger partial charge in [-0.25, -0.2) is 4.98 Å². The number of aromatic nitrogens is 2. The average molecular weight is 431 g/mol. The molecule has 7 nitrogen and oxygen atoms in total. The lowest BCUT2D eigenvalue weighted by Gasteiger charge is -2.20. The van der Waals surface area contributed by atoms with Crippen LogP contribution in [0.15, 0.2) is 66.7 Å². The zero-order valence-electron chi connectivity index (χ0n) is 18.5. The number of aryl methyl sites for hydroxylation is 1. The maximum Gasteiger partial charge on any atom is 0.256 e. The molecule has 0 radical (unpaired) electrons.